The second kappa shape index (κ2) is 9.77. The van der Waals surface area contributed by atoms with Crippen LogP contribution in [0.2, 0.25) is 0 Å². The molecule has 2 bridgehead atoms. The summed E-state index contributed by atoms with van der Waals surface area (Å²) in [4.78, 5) is 58.4. The van der Waals surface area contributed by atoms with Gasteiger partial charge in [-0.2, -0.15) is 0 Å². The number of para-hydroxylation sites is 1. The van der Waals surface area contributed by atoms with Crippen molar-refractivity contribution in [3.05, 3.63) is 95.6 Å². The summed E-state index contributed by atoms with van der Waals surface area (Å²) in [5.41, 5.74) is 4.27. The largest absolute Gasteiger partial charge is 0.454 e. The zero-order chi connectivity index (χ0) is 28.2. The molecule has 0 radical (unpaired) electrons. The number of nitrogens with zero attached hydrogens (tertiary/aromatic N) is 2. The third kappa shape index (κ3) is 4.24. The summed E-state index contributed by atoms with van der Waals surface area (Å²) in [6.45, 7) is 1.57. The molecule has 2 aliphatic carbocycles. The van der Waals surface area contributed by atoms with Crippen LogP contribution in [0.4, 0.5) is 5.69 Å². The molecule has 1 aromatic heterocycles. The van der Waals surface area contributed by atoms with Crippen molar-refractivity contribution in [2.75, 3.05) is 11.5 Å². The van der Waals surface area contributed by atoms with Crippen molar-refractivity contribution in [1.82, 2.24) is 4.98 Å². The highest BCUT2D eigenvalue weighted by atomic mass is 16.5. The van der Waals surface area contributed by atoms with Crippen molar-refractivity contribution in [3.63, 3.8) is 0 Å². The van der Waals surface area contributed by atoms with Crippen molar-refractivity contribution in [3.8, 4) is 11.3 Å². The fourth-order valence-electron chi connectivity index (χ4n) is 6.97. The minimum atomic E-state index is -0.614. The van der Waals surface area contributed by atoms with Crippen molar-refractivity contribution >= 4 is 40.2 Å². The van der Waals surface area contributed by atoms with E-state index in [1.807, 2.05) is 49.4 Å². The van der Waals surface area contributed by atoms with Gasteiger partial charge in [-0.05, 0) is 62.3 Å². The summed E-state index contributed by atoms with van der Waals surface area (Å²) >= 11 is 0. The second-order valence-electron chi connectivity index (χ2n) is 11.4. The molecule has 1 saturated heterocycles. The molecule has 3 aliphatic rings. The van der Waals surface area contributed by atoms with Gasteiger partial charge in [-0.3, -0.25) is 19.3 Å². The molecule has 1 aliphatic heterocycles. The van der Waals surface area contributed by atoms with Crippen LogP contribution >= 0.6 is 0 Å². The Bertz CT molecular complexity index is 1700. The molecule has 4 unspecified atom stereocenters. The Kier molecular flexibility index (Phi) is 6.03. The van der Waals surface area contributed by atoms with Gasteiger partial charge in [0, 0.05) is 16.5 Å². The average Bonchev–Trinajstić information content (AvgIpc) is 3.69. The number of carbonyl (C=O) groups excluding carboxylic acids is 4. The van der Waals surface area contributed by atoms with Crippen molar-refractivity contribution in [2.24, 2.45) is 23.7 Å². The summed E-state index contributed by atoms with van der Waals surface area (Å²) < 4.78 is 5.44. The van der Waals surface area contributed by atoms with E-state index >= 15 is 0 Å². The van der Waals surface area contributed by atoms with Gasteiger partial charge in [0.1, 0.15) is 0 Å². The molecule has 4 aromatic rings. The van der Waals surface area contributed by atoms with Crippen molar-refractivity contribution in [2.45, 2.75) is 26.2 Å². The van der Waals surface area contributed by atoms with Gasteiger partial charge in [0.2, 0.25) is 11.8 Å². The van der Waals surface area contributed by atoms with E-state index in [1.54, 1.807) is 36.4 Å². The van der Waals surface area contributed by atoms with Gasteiger partial charge in [0.05, 0.1) is 34.3 Å². The normalized spacial score (nSPS) is 22.8. The Labute approximate surface area is 237 Å². The minimum Gasteiger partial charge on any atom is -0.454 e. The lowest BCUT2D eigenvalue weighted by Gasteiger charge is -2.19. The number of rotatable bonds is 6. The van der Waals surface area contributed by atoms with Gasteiger partial charge >= 0.3 is 5.97 Å². The number of Topliss-reactive ketones (excluding diaryl/α,β-unsaturated/α-hetero) is 1. The van der Waals surface area contributed by atoms with Crippen LogP contribution in [0.25, 0.3) is 22.2 Å². The molecule has 4 atom stereocenters. The van der Waals surface area contributed by atoms with Crippen LogP contribution in [0.1, 0.15) is 45.5 Å². The topological polar surface area (TPSA) is 93.6 Å². The van der Waals surface area contributed by atoms with Crippen LogP contribution < -0.4 is 4.90 Å². The molecular weight excluding hydrogens is 516 g/mol. The molecule has 2 amide bonds. The number of carbonyl (C=O) groups is 4. The first-order valence-corrected chi connectivity index (χ1v) is 14.0. The third-order valence-electron chi connectivity index (χ3n) is 8.99. The number of benzene rings is 3. The molecule has 7 heteroatoms. The Morgan fingerprint density at radius 3 is 2.22 bits per heavy atom. The molecule has 3 aromatic carbocycles. The lowest BCUT2D eigenvalue weighted by molar-refractivity contribution is -0.123. The lowest BCUT2D eigenvalue weighted by atomic mass is 9.81. The van der Waals surface area contributed by atoms with Crippen LogP contribution in [0.15, 0.2) is 78.9 Å². The number of ether oxygens (including phenoxy) is 1. The third-order valence-corrected chi connectivity index (χ3v) is 8.99. The Morgan fingerprint density at radius 1 is 0.878 bits per heavy atom. The molecule has 0 N–H and O–H groups in total. The predicted molar refractivity (Wildman–Crippen MR) is 153 cm³/mol. The summed E-state index contributed by atoms with van der Waals surface area (Å²) in [6, 6.07) is 23.2. The molecule has 41 heavy (non-hydrogen) atoms. The van der Waals surface area contributed by atoms with Crippen molar-refractivity contribution < 1.29 is 23.9 Å². The van der Waals surface area contributed by atoms with Gasteiger partial charge < -0.3 is 4.74 Å². The lowest BCUT2D eigenvalue weighted by Crippen LogP contribution is -2.32. The van der Waals surface area contributed by atoms with E-state index in [0.717, 1.165) is 30.4 Å². The molecule has 3 fully saturated rings. The van der Waals surface area contributed by atoms with E-state index in [9.17, 15) is 19.2 Å². The maximum atomic E-state index is 13.2. The number of pyridine rings is 1. The molecule has 0 spiro atoms. The summed E-state index contributed by atoms with van der Waals surface area (Å²) in [6.07, 6.45) is 3.07. The minimum absolute atomic E-state index is 0.0750. The van der Waals surface area contributed by atoms with E-state index in [-0.39, 0.29) is 36.0 Å². The molecule has 7 rings (SSSR count). The Balaban J connectivity index is 1.14. The number of amides is 2. The predicted octanol–water partition coefficient (Wildman–Crippen LogP) is 5.79. The quantitative estimate of drug-likeness (QED) is 0.173. The smallest absolute Gasteiger partial charge is 0.339 e. The average molecular weight is 545 g/mol. The molecule has 204 valence electrons. The van der Waals surface area contributed by atoms with E-state index in [2.05, 4.69) is 0 Å². The second-order valence-corrected chi connectivity index (χ2v) is 11.4. The number of aromatic nitrogens is 1. The highest BCUT2D eigenvalue weighted by Gasteiger charge is 2.61. The standard InChI is InChI=1S/C34H28N2O5/c1-19-6-8-21(9-7-19)29(37)18-41-34(40)26-17-28(35-27-5-3-2-4-25(26)27)20-12-14-24(15-13-20)36-32(38)30-22-10-11-23(16-22)31(30)33(36)39/h2-9,12-15,17,22-23,30-31H,10-11,16,18H2,1H3. The number of hydrogen-bond acceptors (Lipinski definition) is 6. The molecule has 7 nitrogen and oxygen atoms in total. The van der Waals surface area contributed by atoms with Crippen molar-refractivity contribution in [1.29, 1.82) is 0 Å². The summed E-state index contributed by atoms with van der Waals surface area (Å²) in [7, 11) is 0. The number of hydrogen-bond donors (Lipinski definition) is 0. The maximum absolute atomic E-state index is 13.2. The monoisotopic (exact) mass is 544 g/mol. The van der Waals surface area contributed by atoms with E-state index < -0.39 is 5.97 Å². The first-order valence-electron chi connectivity index (χ1n) is 14.0. The first kappa shape index (κ1) is 25.3. The number of aryl methyl sites for hydroxylation is 1. The number of fused-ring (bicyclic) bond motifs is 6. The van der Waals surface area contributed by atoms with Gasteiger partial charge in [-0.15, -0.1) is 0 Å². The fourth-order valence-corrected chi connectivity index (χ4v) is 6.97. The zero-order valence-corrected chi connectivity index (χ0v) is 22.6. The Hall–Kier alpha value is -4.65. The Morgan fingerprint density at radius 2 is 1.54 bits per heavy atom. The fraction of sp³-hybridized carbons (Fsp3) is 0.265. The van der Waals surface area contributed by atoms with Crippen LogP contribution in [0.3, 0.4) is 0 Å². The van der Waals surface area contributed by atoms with Crippen LogP contribution in [0, 0.1) is 30.6 Å². The number of ketones is 1. The van der Waals surface area contributed by atoms with Gasteiger partial charge in [0.25, 0.3) is 0 Å². The molecule has 2 heterocycles. The van der Waals surface area contributed by atoms with Crippen LogP contribution in [0.5, 0.6) is 0 Å². The highest BCUT2D eigenvalue weighted by molar-refractivity contribution is 6.22. The number of esters is 1. The van der Waals surface area contributed by atoms with E-state index in [1.165, 1.54) is 4.90 Å². The van der Waals surface area contributed by atoms with Crippen LogP contribution in [-0.4, -0.2) is 35.2 Å². The van der Waals surface area contributed by atoms with Crippen LogP contribution in [-0.2, 0) is 14.3 Å². The van der Waals surface area contributed by atoms with Gasteiger partial charge in [-0.25, -0.2) is 9.78 Å². The summed E-state index contributed by atoms with van der Waals surface area (Å²) in [5, 5.41) is 0.620. The first-order chi connectivity index (χ1) is 19.9. The summed E-state index contributed by atoms with van der Waals surface area (Å²) in [5.74, 6) is -0.727. The number of anilines is 1. The maximum Gasteiger partial charge on any atom is 0.339 e. The number of imide groups is 1. The molecular formula is C34H28N2O5. The van der Waals surface area contributed by atoms with Gasteiger partial charge in [-0.1, -0.05) is 60.2 Å². The highest BCUT2D eigenvalue weighted by Crippen LogP contribution is 2.56. The van der Waals surface area contributed by atoms with E-state index in [4.69, 9.17) is 9.72 Å². The molecule has 2 saturated carbocycles. The SMILES string of the molecule is Cc1ccc(C(=O)COC(=O)c2cc(-c3ccc(N4C(=O)C5C6CCC(C6)C5C4=O)cc3)nc3ccccc23)cc1. The zero-order valence-electron chi connectivity index (χ0n) is 22.6. The van der Waals surface area contributed by atoms with Gasteiger partial charge in [0.15, 0.2) is 12.4 Å². The van der Waals surface area contributed by atoms with E-state index in [0.29, 0.717) is 45.2 Å².